The summed E-state index contributed by atoms with van der Waals surface area (Å²) in [6.07, 6.45) is 2.20. The van der Waals surface area contributed by atoms with Crippen LogP contribution in [0.5, 0.6) is 0 Å². The summed E-state index contributed by atoms with van der Waals surface area (Å²) in [6, 6.07) is 5.25. The number of fused-ring (bicyclic) bond motifs is 3. The molecule has 40 heavy (non-hydrogen) atoms. The maximum Gasteiger partial charge on any atom is 0.407 e. The highest BCUT2D eigenvalue weighted by Gasteiger charge is 2.53. The smallest absolute Gasteiger partial charge is 0.407 e. The lowest BCUT2D eigenvalue weighted by Gasteiger charge is -2.36. The van der Waals surface area contributed by atoms with Crippen LogP contribution in [-0.2, 0) is 24.2 Å². The number of nitrogens with one attached hydrogen (secondary N) is 3. The van der Waals surface area contributed by atoms with Crippen molar-refractivity contribution in [1.82, 2.24) is 20.1 Å². The highest BCUT2D eigenvalue weighted by atomic mass is 32.2. The van der Waals surface area contributed by atoms with Crippen LogP contribution < -0.4 is 15.5 Å². The van der Waals surface area contributed by atoms with Crippen molar-refractivity contribution < 1.29 is 27.4 Å². The molecule has 1 aliphatic carbocycles. The van der Waals surface area contributed by atoms with Crippen LogP contribution in [0.15, 0.2) is 23.1 Å². The molecule has 2 saturated heterocycles. The Labute approximate surface area is 240 Å². The average molecular weight is 596 g/mol. The van der Waals surface area contributed by atoms with Crippen LogP contribution in [0.3, 0.4) is 0 Å². The Morgan fingerprint density at radius 1 is 1.20 bits per heavy atom. The average Bonchev–Trinajstić information content (AvgIpc) is 3.42. The van der Waals surface area contributed by atoms with E-state index < -0.39 is 16.1 Å². The minimum atomic E-state index is -3.81. The van der Waals surface area contributed by atoms with Crippen molar-refractivity contribution in [3.05, 3.63) is 18.2 Å². The number of nitrogens with zero attached hydrogens (tertiary/aromatic N) is 2. The molecule has 13 heteroatoms. The number of alkyl carbamates (subject to hydrolysis) is 1. The van der Waals surface area contributed by atoms with Crippen molar-refractivity contribution in [2.45, 2.75) is 82.8 Å². The monoisotopic (exact) mass is 595 g/mol. The number of hydrazine groups is 1. The third-order valence-corrected chi connectivity index (χ3v) is 9.91. The number of benzene rings is 1. The van der Waals surface area contributed by atoms with Crippen LogP contribution >= 0.6 is 11.3 Å². The van der Waals surface area contributed by atoms with E-state index in [-0.39, 0.29) is 35.4 Å². The van der Waals surface area contributed by atoms with Gasteiger partial charge in [-0.3, -0.25) is 0 Å². The molecule has 0 radical (unpaired) electrons. The largest absolute Gasteiger partial charge is 0.443 e. The van der Waals surface area contributed by atoms with Crippen molar-refractivity contribution >= 4 is 42.8 Å². The zero-order valence-corrected chi connectivity index (χ0v) is 25.2. The quantitative estimate of drug-likeness (QED) is 0.233. The van der Waals surface area contributed by atoms with Crippen molar-refractivity contribution in [2.75, 3.05) is 31.6 Å². The molecular weight excluding hydrogens is 554 g/mol. The van der Waals surface area contributed by atoms with E-state index >= 15 is 0 Å². The second-order valence-corrected chi connectivity index (χ2v) is 14.4. The van der Waals surface area contributed by atoms with Gasteiger partial charge in [0.15, 0.2) is 11.4 Å². The fourth-order valence-corrected chi connectivity index (χ4v) is 7.71. The van der Waals surface area contributed by atoms with Gasteiger partial charge in [0.1, 0.15) is 6.10 Å². The number of hydrogen-bond donors (Lipinski definition) is 3. The molecule has 2 aromatic rings. The molecule has 5 rings (SSSR count). The van der Waals surface area contributed by atoms with Gasteiger partial charge in [0.2, 0.25) is 0 Å². The zero-order chi connectivity index (χ0) is 28.4. The summed E-state index contributed by atoms with van der Waals surface area (Å²) in [5.74, 6) is 0.996. The first-order valence-electron chi connectivity index (χ1n) is 14.2. The van der Waals surface area contributed by atoms with E-state index in [4.69, 9.17) is 14.2 Å². The summed E-state index contributed by atoms with van der Waals surface area (Å²) in [7, 11) is -3.81. The van der Waals surface area contributed by atoms with Crippen molar-refractivity contribution in [3.63, 3.8) is 0 Å². The number of ether oxygens (including phenoxy) is 3. The summed E-state index contributed by atoms with van der Waals surface area (Å²) in [6.45, 7) is 10.2. The second-order valence-electron chi connectivity index (χ2n) is 11.7. The molecule has 1 aromatic carbocycles. The lowest BCUT2D eigenvalue weighted by Crippen LogP contribution is -2.46. The van der Waals surface area contributed by atoms with E-state index in [0.717, 1.165) is 29.1 Å². The molecule has 3 fully saturated rings. The molecule has 1 amide bonds. The van der Waals surface area contributed by atoms with Gasteiger partial charge in [-0.05, 0) is 63.6 Å². The number of anilines is 1. The summed E-state index contributed by atoms with van der Waals surface area (Å²) in [5, 5.41) is 8.57. The third kappa shape index (κ3) is 7.05. The lowest BCUT2D eigenvalue weighted by atomic mass is 9.78. The molecule has 3 N–H and O–H groups in total. The lowest BCUT2D eigenvalue weighted by molar-refractivity contribution is -0.153. The van der Waals surface area contributed by atoms with E-state index in [2.05, 4.69) is 34.3 Å². The minimum Gasteiger partial charge on any atom is -0.443 e. The van der Waals surface area contributed by atoms with Crippen molar-refractivity contribution in [2.24, 2.45) is 17.8 Å². The summed E-state index contributed by atoms with van der Waals surface area (Å²) >= 11 is 1.50. The highest BCUT2D eigenvalue weighted by molar-refractivity contribution is 7.89. The van der Waals surface area contributed by atoms with Gasteiger partial charge in [-0.1, -0.05) is 25.2 Å². The number of carbonyl (C=O) groups is 1. The molecule has 5 unspecified atom stereocenters. The van der Waals surface area contributed by atoms with Crippen LogP contribution in [0, 0.1) is 17.8 Å². The Morgan fingerprint density at radius 3 is 2.80 bits per heavy atom. The standard InChI is InChI=1S/C27H41N5O6S2/c1-16(2)8-11-32(31-40(34,35)20-6-7-23-21(14-20)30-26(39-23)29-17(3)4)10-5-9-28-27(33)38-24-19-12-18-13-22(24)37-25(18)36-15-19/h6-7,14,16-19,22,24-25,31H,5,8-13,15H2,1-4H3,(H,28,33)(H,29,30). The number of sulfonamides is 1. The number of hydrogen-bond acceptors (Lipinski definition) is 10. The summed E-state index contributed by atoms with van der Waals surface area (Å²) in [4.78, 5) is 20.0. The maximum absolute atomic E-state index is 13.3. The van der Waals surface area contributed by atoms with Crippen LogP contribution in [0.1, 0.15) is 53.4 Å². The molecule has 0 spiro atoms. The predicted octanol–water partition coefficient (Wildman–Crippen LogP) is 3.92. The third-order valence-electron chi connectivity index (χ3n) is 7.56. The molecule has 1 aromatic heterocycles. The number of amides is 1. The normalized spacial score (nSPS) is 25.8. The van der Waals surface area contributed by atoms with E-state index in [9.17, 15) is 13.2 Å². The van der Waals surface area contributed by atoms with Crippen molar-refractivity contribution in [3.8, 4) is 0 Å². The topological polar surface area (TPSA) is 131 Å². The number of carbonyl (C=O) groups excluding carboxylic acids is 1. The number of thiazole rings is 1. The Balaban J connectivity index is 1.14. The molecule has 3 aliphatic rings. The molecule has 3 bridgehead atoms. The first-order valence-corrected chi connectivity index (χ1v) is 16.5. The molecular formula is C27H41N5O6S2. The molecule has 11 nitrogen and oxygen atoms in total. The fraction of sp³-hybridized carbons (Fsp3) is 0.704. The SMILES string of the molecule is CC(C)CCN(CCCNC(=O)OC1C2COC3OC1CC3C2)NS(=O)(=O)c1ccc2sc(NC(C)C)nc2c1. The number of aromatic nitrogens is 1. The van der Waals surface area contributed by atoms with Gasteiger partial charge >= 0.3 is 6.09 Å². The highest BCUT2D eigenvalue weighted by Crippen LogP contribution is 2.46. The summed E-state index contributed by atoms with van der Waals surface area (Å²) < 4.78 is 44.9. The maximum atomic E-state index is 13.3. The fourth-order valence-electron chi connectivity index (χ4n) is 5.57. The first kappa shape index (κ1) is 29.5. The van der Waals surface area contributed by atoms with E-state index in [0.29, 0.717) is 50.0 Å². The van der Waals surface area contributed by atoms with Gasteiger partial charge in [0.05, 0.1) is 27.8 Å². The van der Waals surface area contributed by atoms with Gasteiger partial charge in [-0.25, -0.2) is 23.2 Å². The second kappa shape index (κ2) is 12.5. The van der Waals surface area contributed by atoms with Gasteiger partial charge in [-0.15, -0.1) is 4.83 Å². The van der Waals surface area contributed by atoms with E-state index in [1.165, 1.54) is 11.3 Å². The Hall–Kier alpha value is -2.03. The molecule has 3 heterocycles. The zero-order valence-electron chi connectivity index (χ0n) is 23.6. The Morgan fingerprint density at radius 2 is 2.02 bits per heavy atom. The van der Waals surface area contributed by atoms with Crippen LogP contribution in [-0.4, -0.2) is 75.3 Å². The summed E-state index contributed by atoms with van der Waals surface area (Å²) in [5.41, 5.74) is 0.642. The van der Waals surface area contributed by atoms with Crippen LogP contribution in [0.2, 0.25) is 0 Å². The molecule has 2 aliphatic heterocycles. The number of rotatable bonds is 13. The van der Waals surface area contributed by atoms with Gasteiger partial charge in [0, 0.05) is 37.5 Å². The van der Waals surface area contributed by atoms with Crippen molar-refractivity contribution in [1.29, 1.82) is 0 Å². The van der Waals surface area contributed by atoms with Crippen LogP contribution in [0.25, 0.3) is 10.2 Å². The molecule has 5 atom stereocenters. The Kier molecular flexibility index (Phi) is 9.17. The molecule has 222 valence electrons. The minimum absolute atomic E-state index is 0.0931. The van der Waals surface area contributed by atoms with E-state index in [1.54, 1.807) is 23.2 Å². The van der Waals surface area contributed by atoms with E-state index in [1.807, 2.05) is 13.8 Å². The van der Waals surface area contributed by atoms with Gasteiger partial charge in [0.25, 0.3) is 10.0 Å². The van der Waals surface area contributed by atoms with Gasteiger partial charge < -0.3 is 24.8 Å². The predicted molar refractivity (Wildman–Crippen MR) is 153 cm³/mol. The van der Waals surface area contributed by atoms with Gasteiger partial charge in [-0.2, -0.15) is 0 Å². The molecule has 1 saturated carbocycles. The Bertz CT molecular complexity index is 1280. The first-order chi connectivity index (χ1) is 19.1. The van der Waals surface area contributed by atoms with Crippen LogP contribution in [0.4, 0.5) is 9.93 Å².